The highest BCUT2D eigenvalue weighted by atomic mass is 19.2. The Morgan fingerprint density at radius 1 is 1.00 bits per heavy atom. The van der Waals surface area contributed by atoms with Gasteiger partial charge in [0.25, 0.3) is 5.56 Å². The van der Waals surface area contributed by atoms with Crippen molar-refractivity contribution in [3.05, 3.63) is 64.2 Å². The molecule has 0 atom stereocenters. The zero-order chi connectivity index (χ0) is 14.3. The van der Waals surface area contributed by atoms with Crippen molar-refractivity contribution in [3.63, 3.8) is 0 Å². The van der Waals surface area contributed by atoms with Gasteiger partial charge in [-0.15, -0.1) is 0 Å². The third-order valence-electron chi connectivity index (χ3n) is 3.08. The molecule has 0 radical (unpaired) electrons. The molecule has 0 saturated carbocycles. The van der Waals surface area contributed by atoms with Gasteiger partial charge in [0.1, 0.15) is 5.82 Å². The van der Waals surface area contributed by atoms with E-state index in [1.165, 1.54) is 6.07 Å². The molecule has 1 aromatic heterocycles. The van der Waals surface area contributed by atoms with Gasteiger partial charge in [-0.1, -0.05) is 12.1 Å². The van der Waals surface area contributed by atoms with Gasteiger partial charge >= 0.3 is 0 Å². The summed E-state index contributed by atoms with van der Waals surface area (Å²) in [6, 6.07) is 8.67. The number of rotatable bonds is 1. The Bertz CT molecular complexity index is 871. The molecule has 20 heavy (non-hydrogen) atoms. The standard InChI is InChI=1S/C15H10F2N2O/c1-8-18-14-7-10(2-4-11(14)15(20)19-8)9-3-5-12(16)13(17)6-9/h2-7H,1H3,(H,18,19,20). The second kappa shape index (κ2) is 4.52. The van der Waals surface area contributed by atoms with Gasteiger partial charge in [0.15, 0.2) is 11.6 Å². The highest BCUT2D eigenvalue weighted by Gasteiger charge is 2.07. The average molecular weight is 272 g/mol. The van der Waals surface area contributed by atoms with Crippen LogP contribution in [0.25, 0.3) is 22.0 Å². The molecule has 1 N–H and O–H groups in total. The normalized spacial score (nSPS) is 10.9. The fourth-order valence-electron chi connectivity index (χ4n) is 2.11. The number of nitrogens with zero attached hydrogens (tertiary/aromatic N) is 1. The topological polar surface area (TPSA) is 45.8 Å². The molecule has 0 aliphatic rings. The van der Waals surface area contributed by atoms with Gasteiger partial charge in [-0.2, -0.15) is 0 Å². The molecular formula is C15H10F2N2O. The molecule has 1 heterocycles. The fraction of sp³-hybridized carbons (Fsp3) is 0.0667. The highest BCUT2D eigenvalue weighted by Crippen LogP contribution is 2.23. The number of benzene rings is 2. The largest absolute Gasteiger partial charge is 0.310 e. The summed E-state index contributed by atoms with van der Waals surface area (Å²) in [5.74, 6) is -1.29. The Balaban J connectivity index is 2.22. The van der Waals surface area contributed by atoms with E-state index in [1.54, 1.807) is 25.1 Å². The van der Waals surface area contributed by atoms with Crippen molar-refractivity contribution in [2.24, 2.45) is 0 Å². The number of nitrogens with one attached hydrogen (secondary N) is 1. The Morgan fingerprint density at radius 2 is 1.70 bits per heavy atom. The molecule has 0 aliphatic carbocycles. The van der Waals surface area contributed by atoms with Crippen LogP contribution in [-0.4, -0.2) is 9.97 Å². The van der Waals surface area contributed by atoms with Gasteiger partial charge < -0.3 is 4.98 Å². The van der Waals surface area contributed by atoms with Gasteiger partial charge in [-0.3, -0.25) is 4.79 Å². The smallest absolute Gasteiger partial charge is 0.258 e. The van der Waals surface area contributed by atoms with Crippen molar-refractivity contribution in [1.82, 2.24) is 9.97 Å². The zero-order valence-corrected chi connectivity index (χ0v) is 10.6. The molecule has 3 aromatic rings. The van der Waals surface area contributed by atoms with Crippen LogP contribution < -0.4 is 5.56 Å². The lowest BCUT2D eigenvalue weighted by Crippen LogP contribution is -2.09. The SMILES string of the molecule is Cc1nc2cc(-c3ccc(F)c(F)c3)ccc2c(=O)[nH]1. The summed E-state index contributed by atoms with van der Waals surface area (Å²) in [4.78, 5) is 18.6. The summed E-state index contributed by atoms with van der Waals surface area (Å²) >= 11 is 0. The Hall–Kier alpha value is -2.56. The number of hydrogen-bond donors (Lipinski definition) is 1. The fourth-order valence-corrected chi connectivity index (χ4v) is 2.11. The molecular weight excluding hydrogens is 262 g/mol. The van der Waals surface area contributed by atoms with E-state index in [4.69, 9.17) is 0 Å². The number of halogens is 2. The van der Waals surface area contributed by atoms with Crippen LogP contribution >= 0.6 is 0 Å². The predicted molar refractivity (Wildman–Crippen MR) is 72.5 cm³/mol. The van der Waals surface area contributed by atoms with Crippen LogP contribution in [0.2, 0.25) is 0 Å². The first-order chi connectivity index (χ1) is 9.54. The lowest BCUT2D eigenvalue weighted by Gasteiger charge is -2.04. The number of H-pyrrole nitrogens is 1. The lowest BCUT2D eigenvalue weighted by atomic mass is 10.0. The molecule has 0 amide bonds. The summed E-state index contributed by atoms with van der Waals surface area (Å²) < 4.78 is 26.2. The van der Waals surface area contributed by atoms with E-state index < -0.39 is 11.6 Å². The van der Waals surface area contributed by atoms with Crippen LogP contribution in [0.15, 0.2) is 41.2 Å². The van der Waals surface area contributed by atoms with E-state index >= 15 is 0 Å². The quantitative estimate of drug-likeness (QED) is 0.739. The van der Waals surface area contributed by atoms with Crippen LogP contribution in [0.3, 0.4) is 0 Å². The van der Waals surface area contributed by atoms with E-state index in [1.807, 2.05) is 0 Å². The molecule has 0 unspecified atom stereocenters. The van der Waals surface area contributed by atoms with Crippen LogP contribution in [0.4, 0.5) is 8.78 Å². The van der Waals surface area contributed by atoms with E-state index in [0.717, 1.165) is 12.1 Å². The maximum atomic E-state index is 13.3. The van der Waals surface area contributed by atoms with E-state index in [9.17, 15) is 13.6 Å². The monoisotopic (exact) mass is 272 g/mol. The number of fused-ring (bicyclic) bond motifs is 1. The molecule has 0 saturated heterocycles. The molecule has 3 nitrogen and oxygen atoms in total. The van der Waals surface area contributed by atoms with Crippen LogP contribution in [0.5, 0.6) is 0 Å². The molecule has 0 aliphatic heterocycles. The zero-order valence-electron chi connectivity index (χ0n) is 10.6. The third kappa shape index (κ3) is 2.07. The summed E-state index contributed by atoms with van der Waals surface area (Å²) in [6.07, 6.45) is 0. The minimum atomic E-state index is -0.905. The second-order valence-electron chi connectivity index (χ2n) is 4.51. The number of aryl methyl sites for hydroxylation is 1. The minimum Gasteiger partial charge on any atom is -0.310 e. The van der Waals surface area contributed by atoms with Crippen LogP contribution in [0.1, 0.15) is 5.82 Å². The van der Waals surface area contributed by atoms with Gasteiger partial charge in [-0.05, 0) is 42.3 Å². The molecule has 0 spiro atoms. The minimum absolute atomic E-state index is 0.218. The molecule has 0 fully saturated rings. The third-order valence-corrected chi connectivity index (χ3v) is 3.08. The van der Waals surface area contributed by atoms with Crippen LogP contribution in [-0.2, 0) is 0 Å². The molecule has 0 bridgehead atoms. The molecule has 3 rings (SSSR count). The van der Waals surface area contributed by atoms with Crippen molar-refractivity contribution < 1.29 is 8.78 Å². The highest BCUT2D eigenvalue weighted by molar-refractivity contribution is 5.83. The van der Waals surface area contributed by atoms with Crippen molar-refractivity contribution in [2.45, 2.75) is 6.92 Å². The number of aromatic nitrogens is 2. The molecule has 5 heteroatoms. The maximum absolute atomic E-state index is 13.3. The van der Waals surface area contributed by atoms with E-state index in [-0.39, 0.29) is 5.56 Å². The Labute approximate surface area is 112 Å². The Morgan fingerprint density at radius 3 is 2.45 bits per heavy atom. The van der Waals surface area contributed by atoms with Crippen molar-refractivity contribution in [1.29, 1.82) is 0 Å². The van der Waals surface area contributed by atoms with Crippen molar-refractivity contribution in [3.8, 4) is 11.1 Å². The first kappa shape index (κ1) is 12.5. The lowest BCUT2D eigenvalue weighted by molar-refractivity contribution is 0.509. The predicted octanol–water partition coefficient (Wildman–Crippen LogP) is 3.18. The first-order valence-electron chi connectivity index (χ1n) is 6.01. The van der Waals surface area contributed by atoms with Gasteiger partial charge in [0.2, 0.25) is 0 Å². The number of hydrogen-bond acceptors (Lipinski definition) is 2. The van der Waals surface area contributed by atoms with Crippen LogP contribution in [0, 0.1) is 18.6 Å². The molecule has 2 aromatic carbocycles. The van der Waals surface area contributed by atoms with E-state index in [0.29, 0.717) is 27.9 Å². The summed E-state index contributed by atoms with van der Waals surface area (Å²) in [6.45, 7) is 1.69. The maximum Gasteiger partial charge on any atom is 0.258 e. The summed E-state index contributed by atoms with van der Waals surface area (Å²) in [7, 11) is 0. The van der Waals surface area contributed by atoms with Gasteiger partial charge in [0.05, 0.1) is 10.9 Å². The second-order valence-corrected chi connectivity index (χ2v) is 4.51. The first-order valence-corrected chi connectivity index (χ1v) is 6.01. The van der Waals surface area contributed by atoms with E-state index in [2.05, 4.69) is 9.97 Å². The Kier molecular flexibility index (Phi) is 2.82. The van der Waals surface area contributed by atoms with Crippen molar-refractivity contribution in [2.75, 3.05) is 0 Å². The van der Waals surface area contributed by atoms with Gasteiger partial charge in [-0.25, -0.2) is 13.8 Å². The summed E-state index contributed by atoms with van der Waals surface area (Å²) in [5.41, 5.74) is 1.51. The van der Waals surface area contributed by atoms with Gasteiger partial charge in [0, 0.05) is 0 Å². The van der Waals surface area contributed by atoms with Crippen molar-refractivity contribution >= 4 is 10.9 Å². The number of aromatic amines is 1. The average Bonchev–Trinajstić information content (AvgIpc) is 2.41. The summed E-state index contributed by atoms with van der Waals surface area (Å²) in [5, 5.41) is 0.460. The molecule has 100 valence electrons.